The first-order valence-electron chi connectivity index (χ1n) is 14.1. The molecular weight excluding hydrogens is 533 g/mol. The first-order chi connectivity index (χ1) is 19.1. The zero-order valence-corrected chi connectivity index (χ0v) is 23.7. The van der Waals surface area contributed by atoms with Crippen LogP contribution in [0.25, 0.3) is 0 Å². The number of halogens is 3. The van der Waals surface area contributed by atoms with E-state index in [9.17, 15) is 18.0 Å². The molecule has 0 amide bonds. The van der Waals surface area contributed by atoms with Gasteiger partial charge in [-0.25, -0.2) is 4.79 Å². The molecule has 0 saturated heterocycles. The third kappa shape index (κ3) is 5.18. The van der Waals surface area contributed by atoms with Gasteiger partial charge in [0.15, 0.2) is 0 Å². The van der Waals surface area contributed by atoms with Crippen molar-refractivity contribution >= 4 is 16.9 Å². The lowest BCUT2D eigenvalue weighted by molar-refractivity contribution is -0.199. The van der Waals surface area contributed by atoms with Gasteiger partial charge >= 0.3 is 12.1 Å². The average molecular weight is 569 g/mol. The fraction of sp³-hybridized carbons (Fsp3) is 0.424. The van der Waals surface area contributed by atoms with Crippen molar-refractivity contribution in [3.05, 3.63) is 83.9 Å². The first-order valence-corrected chi connectivity index (χ1v) is 15.4. The minimum Gasteiger partial charge on any atom is -0.424 e. The van der Waals surface area contributed by atoms with E-state index in [1.54, 1.807) is 13.0 Å². The van der Waals surface area contributed by atoms with E-state index in [0.29, 0.717) is 16.7 Å². The number of benzene rings is 3. The third-order valence-electron chi connectivity index (χ3n) is 9.33. The maximum absolute atomic E-state index is 14.4. The Hall–Kier alpha value is -2.77. The lowest BCUT2D eigenvalue weighted by Crippen LogP contribution is -2.57. The zero-order valence-electron chi connectivity index (χ0n) is 22.8. The van der Waals surface area contributed by atoms with Crippen LogP contribution in [0, 0.1) is 30.6 Å². The molecule has 0 spiro atoms. The van der Waals surface area contributed by atoms with Gasteiger partial charge in [0.05, 0.1) is 11.2 Å². The molecule has 4 aliphatic carbocycles. The highest BCUT2D eigenvalue weighted by Gasteiger charge is 2.55. The van der Waals surface area contributed by atoms with Crippen LogP contribution in [0.15, 0.2) is 87.5 Å². The summed E-state index contributed by atoms with van der Waals surface area (Å²) in [7, 11) is -1.25. The highest BCUT2D eigenvalue weighted by atomic mass is 32.2. The summed E-state index contributed by atoms with van der Waals surface area (Å²) < 4.78 is 55.0. The Kier molecular flexibility index (Phi) is 7.24. The molecule has 4 aliphatic rings. The molecule has 212 valence electrons. The van der Waals surface area contributed by atoms with Gasteiger partial charge in [-0.15, -0.1) is 0 Å². The fourth-order valence-corrected chi connectivity index (χ4v) is 9.96. The monoisotopic (exact) mass is 568 g/mol. The van der Waals surface area contributed by atoms with Crippen molar-refractivity contribution in [1.29, 1.82) is 0 Å². The van der Waals surface area contributed by atoms with Crippen molar-refractivity contribution < 1.29 is 27.4 Å². The van der Waals surface area contributed by atoms with E-state index in [-0.39, 0.29) is 12.2 Å². The number of ether oxygens (including phenoxy) is 2. The van der Waals surface area contributed by atoms with E-state index in [2.05, 4.69) is 6.92 Å². The van der Waals surface area contributed by atoms with Gasteiger partial charge in [0.1, 0.15) is 12.4 Å². The summed E-state index contributed by atoms with van der Waals surface area (Å²) in [5, 5.41) is 0. The lowest BCUT2D eigenvalue weighted by atomic mass is 9.50. The van der Waals surface area contributed by atoms with Crippen molar-refractivity contribution in [2.45, 2.75) is 72.4 Å². The molecule has 0 atom stereocenters. The van der Waals surface area contributed by atoms with Gasteiger partial charge in [-0.2, -0.15) is 24.1 Å². The molecule has 3 nitrogen and oxygen atoms in total. The van der Waals surface area contributed by atoms with Crippen molar-refractivity contribution in [2.24, 2.45) is 23.7 Å². The molecule has 40 heavy (non-hydrogen) atoms. The number of hydrogen-bond acceptors (Lipinski definition) is 3. The molecule has 3 aromatic carbocycles. The Balaban J connectivity index is 1.27. The van der Waals surface area contributed by atoms with Gasteiger partial charge in [0.2, 0.25) is 0 Å². The number of rotatable bonds is 7. The second-order valence-corrected chi connectivity index (χ2v) is 14.1. The average Bonchev–Trinajstić information content (AvgIpc) is 2.92. The van der Waals surface area contributed by atoms with Crippen LogP contribution in [-0.4, -0.2) is 18.2 Å². The van der Waals surface area contributed by atoms with Gasteiger partial charge in [0, 0.05) is 0 Å². The normalized spacial score (nSPS) is 27.5. The fourth-order valence-electron chi connectivity index (χ4n) is 7.54. The van der Waals surface area contributed by atoms with Crippen LogP contribution in [0.4, 0.5) is 13.2 Å². The summed E-state index contributed by atoms with van der Waals surface area (Å²) in [5.41, 5.74) is -1.08. The minimum atomic E-state index is -4.70. The van der Waals surface area contributed by atoms with E-state index in [4.69, 9.17) is 9.47 Å². The molecule has 7 rings (SSSR count). The van der Waals surface area contributed by atoms with Crippen molar-refractivity contribution in [3.63, 3.8) is 0 Å². The maximum atomic E-state index is 14.4. The SMILES string of the molecule is Cc1cc([SH](c2ccccc2)c2ccccc2)cc(C(F)(F)F)c1OC(=O)COC1(C)C2CC3CC(C2)CC1C3. The number of hydrogen-bond donors (Lipinski definition) is 1. The predicted octanol–water partition coefficient (Wildman–Crippen LogP) is 8.63. The summed E-state index contributed by atoms with van der Waals surface area (Å²) in [5.74, 6) is 1.08. The number of aryl methyl sites for hydroxylation is 1. The summed E-state index contributed by atoms with van der Waals surface area (Å²) in [6, 6.07) is 22.0. The number of alkyl halides is 3. The Morgan fingerprint density at radius 2 is 1.38 bits per heavy atom. The van der Waals surface area contributed by atoms with Crippen LogP contribution < -0.4 is 4.74 Å². The zero-order chi connectivity index (χ0) is 28.1. The lowest BCUT2D eigenvalue weighted by Gasteiger charge is -2.59. The largest absolute Gasteiger partial charge is 0.424 e. The molecule has 0 unspecified atom stereocenters. The molecule has 0 N–H and O–H groups in total. The Bertz CT molecular complexity index is 1310. The molecule has 7 heteroatoms. The topological polar surface area (TPSA) is 35.5 Å². The molecule has 4 fully saturated rings. The third-order valence-corrected chi connectivity index (χ3v) is 11.7. The number of carbonyl (C=O) groups excluding carboxylic acids is 1. The van der Waals surface area contributed by atoms with Gasteiger partial charge in [-0.1, -0.05) is 36.4 Å². The summed E-state index contributed by atoms with van der Waals surface area (Å²) in [4.78, 5) is 15.4. The van der Waals surface area contributed by atoms with Gasteiger partial charge in [-0.05, 0) is 126 Å². The Morgan fingerprint density at radius 3 is 1.88 bits per heavy atom. The smallest absolute Gasteiger partial charge is 0.420 e. The van der Waals surface area contributed by atoms with E-state index in [1.165, 1.54) is 6.42 Å². The van der Waals surface area contributed by atoms with Gasteiger partial charge in [0.25, 0.3) is 0 Å². The number of thiol groups is 1. The second kappa shape index (κ2) is 10.6. The quantitative estimate of drug-likeness (QED) is 0.176. The molecule has 0 aromatic heterocycles. The van der Waals surface area contributed by atoms with Crippen LogP contribution in [0.3, 0.4) is 0 Å². The molecule has 4 bridgehead atoms. The molecule has 4 saturated carbocycles. The van der Waals surface area contributed by atoms with Crippen LogP contribution in [-0.2, 0) is 15.7 Å². The maximum Gasteiger partial charge on any atom is 0.420 e. The molecule has 0 heterocycles. The van der Waals surface area contributed by atoms with Crippen LogP contribution in [0.2, 0.25) is 0 Å². The minimum absolute atomic E-state index is 0.276. The molecular formula is C33H35F3O3S. The van der Waals surface area contributed by atoms with E-state index >= 15 is 0 Å². The molecule has 3 aromatic rings. The van der Waals surface area contributed by atoms with E-state index in [0.717, 1.165) is 53.4 Å². The summed E-state index contributed by atoms with van der Waals surface area (Å²) >= 11 is 0. The number of carbonyl (C=O) groups is 1. The highest BCUT2D eigenvalue weighted by Crippen LogP contribution is 2.59. The predicted molar refractivity (Wildman–Crippen MR) is 150 cm³/mol. The highest BCUT2D eigenvalue weighted by molar-refractivity contribution is 8.17. The van der Waals surface area contributed by atoms with Gasteiger partial charge < -0.3 is 9.47 Å². The van der Waals surface area contributed by atoms with Crippen LogP contribution in [0.5, 0.6) is 5.75 Å². The second-order valence-electron chi connectivity index (χ2n) is 11.9. The van der Waals surface area contributed by atoms with Crippen LogP contribution in [0.1, 0.15) is 50.2 Å². The standard InChI is InChI=1S/C33H35F3O3S/c1-21-13-28(40(26-9-5-3-6-10-26)27-11-7-4-8-12-27)19-29(33(34,35)36)31(21)39-30(37)20-38-32(2)24-15-22-14-23(17-24)18-25(32)16-22/h3-13,19,22-25,40H,14-18,20H2,1-2H3. The van der Waals surface area contributed by atoms with Gasteiger partial charge in [-0.3, -0.25) is 0 Å². The first kappa shape index (κ1) is 27.4. The summed E-state index contributed by atoms with van der Waals surface area (Å²) in [6.07, 6.45) is 1.06. The van der Waals surface area contributed by atoms with Crippen molar-refractivity contribution in [1.82, 2.24) is 0 Å². The summed E-state index contributed by atoms with van der Waals surface area (Å²) in [6.45, 7) is 3.31. The molecule has 0 radical (unpaired) electrons. The van der Waals surface area contributed by atoms with Crippen molar-refractivity contribution in [2.75, 3.05) is 6.61 Å². The molecule has 0 aliphatic heterocycles. The van der Waals surface area contributed by atoms with E-state index < -0.39 is 40.0 Å². The Morgan fingerprint density at radius 1 is 0.850 bits per heavy atom. The Labute approximate surface area is 236 Å². The van der Waals surface area contributed by atoms with Crippen LogP contribution >= 0.6 is 10.9 Å². The van der Waals surface area contributed by atoms with E-state index in [1.807, 2.05) is 60.7 Å². The van der Waals surface area contributed by atoms with Crippen molar-refractivity contribution in [3.8, 4) is 5.75 Å². The number of esters is 1.